The van der Waals surface area contributed by atoms with Crippen LogP contribution < -0.4 is 10.6 Å². The zero-order valence-electron chi connectivity index (χ0n) is 21.7. The summed E-state index contributed by atoms with van der Waals surface area (Å²) in [6.45, 7) is 11.5. The van der Waals surface area contributed by atoms with E-state index >= 15 is 0 Å². The Balaban J connectivity index is 2.71. The lowest BCUT2D eigenvalue weighted by atomic mass is 9.94. The molecule has 6 atom stereocenters. The first-order valence-electron chi connectivity index (χ1n) is 11.7. The summed E-state index contributed by atoms with van der Waals surface area (Å²) in [4.78, 5) is 37.2. The van der Waals surface area contributed by atoms with Crippen molar-refractivity contribution in [3.8, 4) is 0 Å². The number of ether oxygens (including phenoxy) is 3. The number of nitrogens with one attached hydrogen (secondary N) is 2. The Kier molecular flexibility index (Phi) is 11.6. The maximum Gasteiger partial charge on any atom is 0.510 e. The van der Waals surface area contributed by atoms with Crippen LogP contribution >= 0.6 is 0 Å². The molecule has 0 aliphatic carbocycles. The molecular weight excluding hydrogens is 460 g/mol. The number of rotatable bonds is 9. The van der Waals surface area contributed by atoms with Crippen molar-refractivity contribution in [1.82, 2.24) is 10.6 Å². The topological polar surface area (TPSA) is 164 Å². The summed E-state index contributed by atoms with van der Waals surface area (Å²) >= 11 is 0. The van der Waals surface area contributed by atoms with Crippen LogP contribution in [0.4, 0.5) is 4.79 Å². The molecule has 11 heteroatoms. The summed E-state index contributed by atoms with van der Waals surface area (Å²) < 4.78 is 15.3. The Bertz CT molecular complexity index is 742. The molecule has 0 radical (unpaired) electrons. The summed E-state index contributed by atoms with van der Waals surface area (Å²) in [5.41, 5.74) is -0.502. The number of carbonyl (C=O) groups is 3. The van der Waals surface area contributed by atoms with Crippen LogP contribution in [-0.2, 0) is 23.8 Å². The third-order valence-electron chi connectivity index (χ3n) is 5.07. The van der Waals surface area contributed by atoms with E-state index in [9.17, 15) is 29.7 Å². The van der Waals surface area contributed by atoms with Gasteiger partial charge in [-0.3, -0.25) is 9.59 Å². The van der Waals surface area contributed by atoms with E-state index < -0.39 is 54.7 Å². The fourth-order valence-corrected chi connectivity index (χ4v) is 3.16. The van der Waals surface area contributed by atoms with Crippen LogP contribution in [0.1, 0.15) is 60.8 Å². The summed E-state index contributed by atoms with van der Waals surface area (Å²) in [6.07, 6.45) is -4.23. The number of hydrogen-bond donors (Lipinski definition) is 5. The number of carbonyl (C=O) groups excluding carboxylic acids is 3. The molecule has 0 aromatic heterocycles. The summed E-state index contributed by atoms with van der Waals surface area (Å²) in [5, 5.41) is 35.9. The van der Waals surface area contributed by atoms with Crippen LogP contribution in [0.15, 0.2) is 12.2 Å². The highest BCUT2D eigenvalue weighted by molar-refractivity contribution is 5.90. The normalized spacial score (nSPS) is 23.0. The number of allylic oxidation sites excluding steroid dienone is 1. The Morgan fingerprint density at radius 1 is 1.11 bits per heavy atom. The Hall–Kier alpha value is -2.21. The van der Waals surface area contributed by atoms with Crippen LogP contribution in [0.5, 0.6) is 0 Å². The molecule has 1 heterocycles. The number of aliphatic hydroxyl groups excluding tert-OH is 3. The van der Waals surface area contributed by atoms with E-state index in [0.29, 0.717) is 12.8 Å². The molecule has 1 aliphatic rings. The monoisotopic (exact) mass is 502 g/mol. The third-order valence-corrected chi connectivity index (χ3v) is 5.07. The van der Waals surface area contributed by atoms with Gasteiger partial charge in [-0.2, -0.15) is 0 Å². The predicted octanol–water partition coefficient (Wildman–Crippen LogP) is 0.997. The minimum atomic E-state index is -1.76. The van der Waals surface area contributed by atoms with Crippen molar-refractivity contribution in [3.63, 3.8) is 0 Å². The lowest BCUT2D eigenvalue weighted by Crippen LogP contribution is -2.56. The molecule has 1 saturated heterocycles. The molecule has 0 spiro atoms. The average molecular weight is 503 g/mol. The van der Waals surface area contributed by atoms with Gasteiger partial charge in [-0.25, -0.2) is 4.79 Å². The second-order valence-corrected chi connectivity index (χ2v) is 11.1. The van der Waals surface area contributed by atoms with Crippen LogP contribution in [0, 0.1) is 10.8 Å². The summed E-state index contributed by atoms with van der Waals surface area (Å²) in [6, 6.07) is -0.977. The molecule has 6 unspecified atom stereocenters. The van der Waals surface area contributed by atoms with Gasteiger partial charge in [-0.15, -0.1) is 0 Å². The molecule has 1 fully saturated rings. The van der Waals surface area contributed by atoms with Crippen LogP contribution in [0.3, 0.4) is 0 Å². The van der Waals surface area contributed by atoms with Crippen molar-refractivity contribution in [2.75, 3.05) is 13.7 Å². The Labute approximate surface area is 207 Å². The molecule has 0 aromatic rings. The van der Waals surface area contributed by atoms with Gasteiger partial charge in [0, 0.05) is 13.5 Å². The van der Waals surface area contributed by atoms with E-state index in [1.165, 1.54) is 6.08 Å². The Morgan fingerprint density at radius 3 is 2.29 bits per heavy atom. The van der Waals surface area contributed by atoms with Crippen LogP contribution in [0.25, 0.3) is 0 Å². The lowest BCUT2D eigenvalue weighted by molar-refractivity contribution is -0.151. The smallest absolute Gasteiger partial charge is 0.434 e. The molecule has 5 N–H and O–H groups in total. The van der Waals surface area contributed by atoms with Gasteiger partial charge in [0.1, 0.15) is 24.4 Å². The van der Waals surface area contributed by atoms with Crippen molar-refractivity contribution < 1.29 is 43.9 Å². The molecule has 35 heavy (non-hydrogen) atoms. The molecule has 1 rings (SSSR count). The van der Waals surface area contributed by atoms with Crippen molar-refractivity contribution in [2.24, 2.45) is 10.8 Å². The number of aliphatic hydroxyl groups is 3. The second kappa shape index (κ2) is 13.2. The molecule has 0 saturated carbocycles. The van der Waals surface area contributed by atoms with E-state index in [4.69, 9.17) is 14.2 Å². The molecule has 2 amide bonds. The molecule has 1 aliphatic heterocycles. The second-order valence-electron chi connectivity index (χ2n) is 11.1. The number of methoxy groups -OCH3 is 1. The molecule has 11 nitrogen and oxygen atoms in total. The van der Waals surface area contributed by atoms with Gasteiger partial charge < -0.3 is 40.2 Å². The maximum atomic E-state index is 12.7. The first-order valence-corrected chi connectivity index (χ1v) is 11.7. The molecule has 0 aromatic carbocycles. The maximum absolute atomic E-state index is 12.7. The van der Waals surface area contributed by atoms with E-state index in [-0.39, 0.29) is 23.9 Å². The van der Waals surface area contributed by atoms with Crippen molar-refractivity contribution in [3.05, 3.63) is 12.2 Å². The van der Waals surface area contributed by atoms with Gasteiger partial charge in [-0.05, 0) is 23.7 Å². The van der Waals surface area contributed by atoms with E-state index in [0.717, 1.165) is 7.11 Å². The van der Waals surface area contributed by atoms with Crippen molar-refractivity contribution >= 4 is 18.0 Å². The van der Waals surface area contributed by atoms with Gasteiger partial charge in [0.25, 0.3) is 5.91 Å². The largest absolute Gasteiger partial charge is 0.510 e. The number of hydrogen-bond acceptors (Lipinski definition) is 9. The van der Waals surface area contributed by atoms with E-state index in [1.54, 1.807) is 6.08 Å². The van der Waals surface area contributed by atoms with Crippen LogP contribution in [0.2, 0.25) is 0 Å². The summed E-state index contributed by atoms with van der Waals surface area (Å²) in [5.74, 6) is -1.42. The van der Waals surface area contributed by atoms with E-state index in [2.05, 4.69) is 10.6 Å². The van der Waals surface area contributed by atoms with Gasteiger partial charge in [0.05, 0.1) is 6.61 Å². The quantitative estimate of drug-likeness (QED) is 0.228. The lowest BCUT2D eigenvalue weighted by Gasteiger charge is -2.28. The first kappa shape index (κ1) is 30.8. The molecule has 202 valence electrons. The SMILES string of the molecule is COC(C(=O)NC1CCCC(OC(=O)OCC(C)(C)C)NC1=O)C(O)C(O)C(O)/C=C/C(C)(C)C. The Morgan fingerprint density at radius 2 is 1.74 bits per heavy atom. The zero-order chi connectivity index (χ0) is 27.0. The predicted molar refractivity (Wildman–Crippen MR) is 127 cm³/mol. The minimum absolute atomic E-state index is 0.151. The van der Waals surface area contributed by atoms with Gasteiger partial charge in [0.15, 0.2) is 12.3 Å². The van der Waals surface area contributed by atoms with Crippen molar-refractivity contribution in [1.29, 1.82) is 0 Å². The highest BCUT2D eigenvalue weighted by Crippen LogP contribution is 2.18. The van der Waals surface area contributed by atoms with Crippen molar-refractivity contribution in [2.45, 2.75) is 97.5 Å². The van der Waals surface area contributed by atoms with Gasteiger partial charge in [0.2, 0.25) is 5.91 Å². The van der Waals surface area contributed by atoms with Gasteiger partial charge in [-0.1, -0.05) is 53.7 Å². The standard InChI is InChI=1S/C24H42N2O9/c1-23(2,3)12-11-15(27)17(28)18(29)19(33-7)21(31)25-14-9-8-10-16(26-20(14)30)35-22(32)34-13-24(4,5)6/h11-12,14-19,27-29H,8-10,13H2,1-7H3,(H,25,31)(H,26,30)/b12-11+. The fraction of sp³-hybridized carbons (Fsp3) is 0.792. The molecular formula is C24H42N2O9. The van der Waals surface area contributed by atoms with Crippen LogP contribution in [-0.4, -0.2) is 83.7 Å². The number of amides is 2. The third kappa shape index (κ3) is 11.4. The zero-order valence-corrected chi connectivity index (χ0v) is 21.7. The highest BCUT2D eigenvalue weighted by atomic mass is 16.7. The molecule has 0 bridgehead atoms. The average Bonchev–Trinajstić information content (AvgIpc) is 2.90. The fourth-order valence-electron chi connectivity index (χ4n) is 3.16. The summed E-state index contributed by atoms with van der Waals surface area (Å²) in [7, 11) is 1.16. The first-order chi connectivity index (χ1) is 16.0. The minimum Gasteiger partial charge on any atom is -0.434 e. The van der Waals surface area contributed by atoms with E-state index in [1.807, 2.05) is 41.5 Å². The highest BCUT2D eigenvalue weighted by Gasteiger charge is 2.37. The van der Waals surface area contributed by atoms with Gasteiger partial charge >= 0.3 is 6.16 Å².